The van der Waals surface area contributed by atoms with E-state index in [9.17, 15) is 9.90 Å². The Kier molecular flexibility index (Phi) is 5.82. The molecule has 0 aliphatic carbocycles. The van der Waals surface area contributed by atoms with E-state index in [4.69, 9.17) is 10.7 Å². The molecule has 0 radical (unpaired) electrons. The van der Waals surface area contributed by atoms with Gasteiger partial charge in [0, 0.05) is 28.6 Å². The number of fused-ring (bicyclic) bond motifs is 1. The van der Waals surface area contributed by atoms with E-state index < -0.39 is 5.91 Å². The van der Waals surface area contributed by atoms with E-state index in [2.05, 4.69) is 17.2 Å². The fourth-order valence-electron chi connectivity index (χ4n) is 3.52. The molecule has 4 rings (SSSR count). The van der Waals surface area contributed by atoms with Crippen LogP contribution < -0.4 is 11.1 Å². The molecule has 1 aromatic heterocycles. The lowest BCUT2D eigenvalue weighted by molar-refractivity contribution is 0.100. The molecule has 0 spiro atoms. The maximum atomic E-state index is 11.5. The van der Waals surface area contributed by atoms with Gasteiger partial charge in [0.05, 0.1) is 17.0 Å². The summed E-state index contributed by atoms with van der Waals surface area (Å²) in [5, 5.41) is 14.8. The topological polar surface area (TPSA) is 104 Å². The van der Waals surface area contributed by atoms with Gasteiger partial charge in [-0.05, 0) is 36.4 Å². The van der Waals surface area contributed by atoms with E-state index in [0.717, 1.165) is 29.7 Å². The summed E-state index contributed by atoms with van der Waals surface area (Å²) in [7, 11) is 0. The molecular weight excluding hydrogens is 388 g/mol. The lowest BCUT2D eigenvalue weighted by Crippen LogP contribution is -2.11. The highest BCUT2D eigenvalue weighted by Crippen LogP contribution is 2.32. The van der Waals surface area contributed by atoms with Crippen LogP contribution in [0.15, 0.2) is 77.8 Å². The first kappa shape index (κ1) is 20.4. The van der Waals surface area contributed by atoms with Crippen molar-refractivity contribution >= 4 is 28.2 Å². The molecule has 0 bridgehead atoms. The Balaban J connectivity index is 1.84. The molecule has 3 aromatic carbocycles. The Hall–Kier alpha value is -3.90. The highest BCUT2D eigenvalue weighted by atomic mass is 16.3. The number of aromatic hydroxyl groups is 1. The number of H-pyrrole nitrogens is 1. The molecule has 0 aliphatic heterocycles. The number of nitrogens with zero attached hydrogens (tertiary/aromatic N) is 1. The predicted octanol–water partition coefficient (Wildman–Crippen LogP) is 4.25. The molecule has 5 N–H and O–H groups in total. The van der Waals surface area contributed by atoms with Gasteiger partial charge in [-0.2, -0.15) is 0 Å². The molecule has 0 unspecified atom stereocenters. The fourth-order valence-corrected chi connectivity index (χ4v) is 3.52. The van der Waals surface area contributed by atoms with Crippen LogP contribution in [0.2, 0.25) is 0 Å². The summed E-state index contributed by atoms with van der Waals surface area (Å²) in [5.41, 5.74) is 10.4. The van der Waals surface area contributed by atoms with Gasteiger partial charge in [0.1, 0.15) is 0 Å². The van der Waals surface area contributed by atoms with E-state index in [1.54, 1.807) is 18.2 Å². The maximum Gasteiger partial charge on any atom is 0.248 e. The van der Waals surface area contributed by atoms with Gasteiger partial charge in [-0.3, -0.25) is 4.79 Å². The zero-order chi connectivity index (χ0) is 21.8. The van der Waals surface area contributed by atoms with E-state index in [0.29, 0.717) is 22.4 Å². The minimum absolute atomic E-state index is 0.0111. The number of carbonyl (C=O) groups is 1. The summed E-state index contributed by atoms with van der Waals surface area (Å²) < 4.78 is 0. The van der Waals surface area contributed by atoms with Gasteiger partial charge >= 0.3 is 0 Å². The predicted molar refractivity (Wildman–Crippen MR) is 124 cm³/mol. The number of carbonyl (C=O) groups excluding carboxylic acids is 1. The standard InChI is InChI=1S/C25H24N4O2/c1-2-27-15-16-8-11-19(12-9-16)28-23(17-6-4-3-5-7-17)22-20-13-10-18(24(26)30)14-21(20)29-25(22)31/h3-14,27,29,31H,2,15H2,1H3,(H2,26,30). The quantitative estimate of drug-likeness (QED) is 0.341. The van der Waals surface area contributed by atoms with Gasteiger partial charge in [0.2, 0.25) is 5.91 Å². The lowest BCUT2D eigenvalue weighted by atomic mass is 10.00. The van der Waals surface area contributed by atoms with Crippen LogP contribution in [-0.2, 0) is 6.54 Å². The molecule has 0 fully saturated rings. The molecule has 31 heavy (non-hydrogen) atoms. The fraction of sp³-hybridized carbons (Fsp3) is 0.120. The Bertz CT molecular complexity index is 1240. The van der Waals surface area contributed by atoms with Crippen LogP contribution in [0.5, 0.6) is 5.88 Å². The van der Waals surface area contributed by atoms with Crippen molar-refractivity contribution in [2.45, 2.75) is 13.5 Å². The van der Waals surface area contributed by atoms with Crippen molar-refractivity contribution < 1.29 is 9.90 Å². The summed E-state index contributed by atoms with van der Waals surface area (Å²) in [6, 6.07) is 22.8. The molecule has 0 aliphatic rings. The number of nitrogens with two attached hydrogens (primary N) is 1. The maximum absolute atomic E-state index is 11.5. The number of rotatable bonds is 7. The smallest absolute Gasteiger partial charge is 0.248 e. The van der Waals surface area contributed by atoms with E-state index >= 15 is 0 Å². The number of benzene rings is 3. The third kappa shape index (κ3) is 4.34. The van der Waals surface area contributed by atoms with E-state index in [1.165, 1.54) is 5.56 Å². The molecule has 156 valence electrons. The normalized spacial score (nSPS) is 11.7. The van der Waals surface area contributed by atoms with Gasteiger partial charge < -0.3 is 21.1 Å². The first-order valence-electron chi connectivity index (χ1n) is 10.2. The molecule has 1 amide bonds. The second kappa shape index (κ2) is 8.85. The van der Waals surface area contributed by atoms with Crippen molar-refractivity contribution in [3.05, 3.63) is 95.1 Å². The van der Waals surface area contributed by atoms with Crippen LogP contribution in [0.1, 0.15) is 34.0 Å². The number of aliphatic imine (C=N–C) groups is 1. The largest absolute Gasteiger partial charge is 0.494 e. The Morgan fingerprint density at radius 1 is 1.03 bits per heavy atom. The van der Waals surface area contributed by atoms with Gasteiger partial charge in [-0.25, -0.2) is 4.99 Å². The van der Waals surface area contributed by atoms with Crippen molar-refractivity contribution in [3.8, 4) is 5.88 Å². The highest BCUT2D eigenvalue weighted by Gasteiger charge is 2.19. The summed E-state index contributed by atoms with van der Waals surface area (Å²) >= 11 is 0. The van der Waals surface area contributed by atoms with Gasteiger partial charge in [-0.1, -0.05) is 55.5 Å². The second-order valence-electron chi connectivity index (χ2n) is 7.25. The Morgan fingerprint density at radius 3 is 2.45 bits per heavy atom. The van der Waals surface area contributed by atoms with Crippen LogP contribution in [0.25, 0.3) is 10.9 Å². The number of hydrogen-bond acceptors (Lipinski definition) is 4. The number of amides is 1. The first-order valence-corrected chi connectivity index (χ1v) is 10.2. The third-order valence-electron chi connectivity index (χ3n) is 5.10. The molecule has 1 heterocycles. The van der Waals surface area contributed by atoms with Crippen molar-refractivity contribution in [1.29, 1.82) is 0 Å². The first-order chi connectivity index (χ1) is 15.1. The van der Waals surface area contributed by atoms with Crippen LogP contribution in [-0.4, -0.2) is 28.3 Å². The minimum Gasteiger partial charge on any atom is -0.494 e. The molecular formula is C25H24N4O2. The van der Waals surface area contributed by atoms with Crippen molar-refractivity contribution in [2.24, 2.45) is 10.7 Å². The summed E-state index contributed by atoms with van der Waals surface area (Å²) in [5.74, 6) is -0.532. The van der Waals surface area contributed by atoms with Gasteiger partial charge in [0.15, 0.2) is 5.88 Å². The average molecular weight is 412 g/mol. The number of hydrogen-bond donors (Lipinski definition) is 4. The van der Waals surface area contributed by atoms with Crippen LogP contribution in [0.3, 0.4) is 0 Å². The third-order valence-corrected chi connectivity index (χ3v) is 5.10. The monoisotopic (exact) mass is 412 g/mol. The highest BCUT2D eigenvalue weighted by molar-refractivity contribution is 6.22. The van der Waals surface area contributed by atoms with Crippen molar-refractivity contribution in [1.82, 2.24) is 10.3 Å². The molecule has 4 aromatic rings. The summed E-state index contributed by atoms with van der Waals surface area (Å²) in [6.45, 7) is 3.79. The van der Waals surface area contributed by atoms with Gasteiger partial charge in [-0.15, -0.1) is 0 Å². The molecule has 0 saturated carbocycles. The zero-order valence-electron chi connectivity index (χ0n) is 17.2. The lowest BCUT2D eigenvalue weighted by Gasteiger charge is -2.08. The number of nitrogens with one attached hydrogen (secondary N) is 2. The Labute approximate surface area is 180 Å². The van der Waals surface area contributed by atoms with E-state index in [-0.39, 0.29) is 5.88 Å². The second-order valence-corrected chi connectivity index (χ2v) is 7.25. The van der Waals surface area contributed by atoms with Crippen molar-refractivity contribution in [2.75, 3.05) is 6.54 Å². The Morgan fingerprint density at radius 2 is 1.77 bits per heavy atom. The molecule has 0 atom stereocenters. The van der Waals surface area contributed by atoms with Crippen LogP contribution in [0.4, 0.5) is 5.69 Å². The van der Waals surface area contributed by atoms with Gasteiger partial charge in [0.25, 0.3) is 0 Å². The molecule has 6 nitrogen and oxygen atoms in total. The average Bonchev–Trinajstić information content (AvgIpc) is 3.12. The molecule has 6 heteroatoms. The minimum atomic E-state index is -0.521. The zero-order valence-corrected chi connectivity index (χ0v) is 17.2. The SMILES string of the molecule is CCNCc1ccc(N=C(c2ccccc2)c2c(O)[nH]c3cc(C(N)=O)ccc23)cc1. The van der Waals surface area contributed by atoms with Crippen molar-refractivity contribution in [3.63, 3.8) is 0 Å². The summed E-state index contributed by atoms with van der Waals surface area (Å²) in [4.78, 5) is 19.4. The van der Waals surface area contributed by atoms with Crippen LogP contribution in [0, 0.1) is 0 Å². The van der Waals surface area contributed by atoms with Crippen LogP contribution >= 0.6 is 0 Å². The summed E-state index contributed by atoms with van der Waals surface area (Å²) in [6.07, 6.45) is 0. The number of aromatic amines is 1. The van der Waals surface area contributed by atoms with E-state index in [1.807, 2.05) is 54.6 Å². The number of primary amides is 1. The number of aromatic nitrogens is 1. The molecule has 0 saturated heterocycles.